The summed E-state index contributed by atoms with van der Waals surface area (Å²) < 4.78 is 0.268. The fourth-order valence-electron chi connectivity index (χ4n) is 3.31. The summed E-state index contributed by atoms with van der Waals surface area (Å²) in [5.74, 6) is 0.965. The number of nitrogens with one attached hydrogen (secondary N) is 1. The molecule has 1 aromatic rings. The normalized spacial score (nSPS) is 20.0. The summed E-state index contributed by atoms with van der Waals surface area (Å²) in [6.07, 6.45) is 4.23. The zero-order chi connectivity index (χ0) is 15.6. The van der Waals surface area contributed by atoms with Crippen LogP contribution in [0.25, 0.3) is 0 Å². The molecule has 1 heterocycles. The van der Waals surface area contributed by atoms with E-state index in [1.54, 1.807) is 5.56 Å². The van der Waals surface area contributed by atoms with Gasteiger partial charge in [0.1, 0.15) is 0 Å². The third-order valence-electron chi connectivity index (χ3n) is 4.54. The minimum atomic E-state index is 0. The van der Waals surface area contributed by atoms with E-state index in [1.165, 1.54) is 37.2 Å². The molecule has 1 saturated carbocycles. The molecule has 2 aliphatic rings. The van der Waals surface area contributed by atoms with Gasteiger partial charge in [0, 0.05) is 41.9 Å². The maximum atomic E-state index is 3.50. The van der Waals surface area contributed by atoms with Gasteiger partial charge in [0.25, 0.3) is 0 Å². The smallest absolute Gasteiger partial charge is 0.0362 e. The Balaban J connectivity index is 0.00000144. The second-order valence-electron chi connectivity index (χ2n) is 7.73. The van der Waals surface area contributed by atoms with Crippen molar-refractivity contribution in [3.8, 4) is 0 Å². The van der Waals surface area contributed by atoms with Crippen molar-refractivity contribution in [1.82, 2.24) is 10.2 Å². The van der Waals surface area contributed by atoms with E-state index >= 15 is 0 Å². The van der Waals surface area contributed by atoms with E-state index in [2.05, 4.69) is 55.3 Å². The van der Waals surface area contributed by atoms with Crippen molar-refractivity contribution in [1.29, 1.82) is 0 Å². The maximum absolute atomic E-state index is 3.50. The molecule has 24 heavy (non-hydrogen) atoms. The van der Waals surface area contributed by atoms with E-state index < -0.39 is 0 Å². The second-order valence-corrected chi connectivity index (χ2v) is 9.60. The monoisotopic (exact) mass is 390 g/mol. The first-order chi connectivity index (χ1) is 10.5. The molecule has 2 nitrogen and oxygen atoms in total. The summed E-state index contributed by atoms with van der Waals surface area (Å²) in [6.45, 7) is 11.6. The molecule has 1 aliphatic carbocycles. The molecule has 2 fully saturated rings. The first kappa shape index (κ1) is 22.1. The van der Waals surface area contributed by atoms with Crippen LogP contribution in [0.3, 0.4) is 0 Å². The molecular weight excluding hydrogens is 359 g/mol. The lowest BCUT2D eigenvalue weighted by Crippen LogP contribution is -2.45. The molecule has 1 N–H and O–H groups in total. The largest absolute Gasteiger partial charge is 0.314 e. The van der Waals surface area contributed by atoms with E-state index in [1.807, 2.05) is 11.8 Å². The van der Waals surface area contributed by atoms with Gasteiger partial charge in [-0.15, -0.1) is 36.6 Å². The summed E-state index contributed by atoms with van der Waals surface area (Å²) in [5, 5.41) is 3.50. The first-order valence-electron chi connectivity index (χ1n) is 8.76. The Bertz CT molecular complexity index is 494. The van der Waals surface area contributed by atoms with Gasteiger partial charge in [0.05, 0.1) is 0 Å². The molecule has 138 valence electrons. The number of thioether (sulfide) groups is 1. The van der Waals surface area contributed by atoms with Gasteiger partial charge in [0.15, 0.2) is 0 Å². The highest BCUT2D eigenvalue weighted by molar-refractivity contribution is 8.00. The molecule has 0 aromatic heterocycles. The SMILES string of the molecule is CC(C)(C)Sc1ccccc1[C@@H](CC1CC1)N1CCNCC1.Cl.Cl. The third-order valence-corrected chi connectivity index (χ3v) is 5.74. The van der Waals surface area contributed by atoms with Crippen LogP contribution in [0.4, 0.5) is 0 Å². The standard InChI is InChI=1S/C19H30N2S.2ClH/c1-19(2,3)22-18-7-5-4-6-16(18)17(14-15-8-9-15)21-12-10-20-11-13-21;;/h4-7,15,17,20H,8-14H2,1-3H3;2*1H/t17-;;/m1../s1. The lowest BCUT2D eigenvalue weighted by Gasteiger charge is -2.36. The van der Waals surface area contributed by atoms with Crippen molar-refractivity contribution >= 4 is 36.6 Å². The van der Waals surface area contributed by atoms with Gasteiger partial charge in [-0.1, -0.05) is 51.8 Å². The predicted molar refractivity (Wildman–Crippen MR) is 111 cm³/mol. The molecule has 0 bridgehead atoms. The average Bonchev–Trinajstić information content (AvgIpc) is 3.29. The van der Waals surface area contributed by atoms with Crippen molar-refractivity contribution in [2.24, 2.45) is 5.92 Å². The Morgan fingerprint density at radius 2 is 1.75 bits per heavy atom. The van der Waals surface area contributed by atoms with E-state index in [9.17, 15) is 0 Å². The molecule has 0 unspecified atom stereocenters. The Hall–Kier alpha value is 0.0700. The fourth-order valence-corrected chi connectivity index (χ4v) is 4.44. The van der Waals surface area contributed by atoms with Crippen molar-refractivity contribution in [2.75, 3.05) is 26.2 Å². The van der Waals surface area contributed by atoms with Gasteiger partial charge in [-0.05, 0) is 24.0 Å². The summed E-state index contributed by atoms with van der Waals surface area (Å²) in [4.78, 5) is 4.20. The topological polar surface area (TPSA) is 15.3 Å². The molecule has 0 radical (unpaired) electrons. The highest BCUT2D eigenvalue weighted by atomic mass is 35.5. The summed E-state index contributed by atoms with van der Waals surface area (Å²) in [6, 6.07) is 9.74. The fraction of sp³-hybridized carbons (Fsp3) is 0.684. The van der Waals surface area contributed by atoms with Crippen molar-refractivity contribution in [3.63, 3.8) is 0 Å². The number of piperazine rings is 1. The molecule has 1 atom stereocenters. The minimum Gasteiger partial charge on any atom is -0.314 e. The van der Waals surface area contributed by atoms with Crippen molar-refractivity contribution < 1.29 is 0 Å². The summed E-state index contributed by atoms with van der Waals surface area (Å²) in [5.41, 5.74) is 1.57. The highest BCUT2D eigenvalue weighted by Crippen LogP contribution is 2.44. The lowest BCUT2D eigenvalue weighted by molar-refractivity contribution is 0.158. The number of hydrogen-bond acceptors (Lipinski definition) is 3. The molecule has 1 aliphatic heterocycles. The highest BCUT2D eigenvalue weighted by Gasteiger charge is 2.32. The van der Waals surface area contributed by atoms with Gasteiger partial charge in [-0.3, -0.25) is 4.90 Å². The van der Waals surface area contributed by atoms with Crippen LogP contribution in [0.5, 0.6) is 0 Å². The zero-order valence-electron chi connectivity index (χ0n) is 15.1. The van der Waals surface area contributed by atoms with Crippen LogP contribution in [0.1, 0.15) is 51.6 Å². The third kappa shape index (κ3) is 6.42. The molecule has 1 aromatic carbocycles. The van der Waals surface area contributed by atoms with Crippen LogP contribution >= 0.6 is 36.6 Å². The molecule has 5 heteroatoms. The molecule has 0 spiro atoms. The van der Waals surface area contributed by atoms with Gasteiger partial charge in [-0.25, -0.2) is 0 Å². The molecule has 3 rings (SSSR count). The van der Waals surface area contributed by atoms with Crippen LogP contribution < -0.4 is 5.32 Å². The van der Waals surface area contributed by atoms with Gasteiger partial charge in [-0.2, -0.15) is 0 Å². The predicted octanol–water partition coefficient (Wildman–Crippen LogP) is 5.17. The van der Waals surface area contributed by atoms with E-state index in [0.29, 0.717) is 6.04 Å². The number of halogens is 2. The van der Waals surface area contributed by atoms with Crippen LogP contribution in [0, 0.1) is 5.92 Å². The van der Waals surface area contributed by atoms with Crippen LogP contribution in [0.2, 0.25) is 0 Å². The number of nitrogens with zero attached hydrogens (tertiary/aromatic N) is 1. The Labute approximate surface area is 164 Å². The quantitative estimate of drug-likeness (QED) is 0.698. The van der Waals surface area contributed by atoms with Gasteiger partial charge in [0.2, 0.25) is 0 Å². The summed E-state index contributed by atoms with van der Waals surface area (Å²) in [7, 11) is 0. The minimum absolute atomic E-state index is 0. The van der Waals surface area contributed by atoms with Crippen LogP contribution in [-0.2, 0) is 0 Å². The number of benzene rings is 1. The molecule has 0 amide bonds. The van der Waals surface area contributed by atoms with Crippen LogP contribution in [0.15, 0.2) is 29.2 Å². The maximum Gasteiger partial charge on any atom is 0.0362 e. The van der Waals surface area contributed by atoms with Gasteiger partial charge >= 0.3 is 0 Å². The van der Waals surface area contributed by atoms with Gasteiger partial charge < -0.3 is 5.32 Å². The van der Waals surface area contributed by atoms with E-state index in [-0.39, 0.29) is 29.6 Å². The lowest BCUT2D eigenvalue weighted by atomic mass is 9.98. The average molecular weight is 391 g/mol. The first-order valence-corrected chi connectivity index (χ1v) is 9.57. The van der Waals surface area contributed by atoms with Crippen molar-refractivity contribution in [2.45, 2.75) is 55.7 Å². The summed E-state index contributed by atoms with van der Waals surface area (Å²) >= 11 is 2.02. The second kappa shape index (κ2) is 9.68. The molecule has 1 saturated heterocycles. The number of hydrogen-bond donors (Lipinski definition) is 1. The Morgan fingerprint density at radius 3 is 2.33 bits per heavy atom. The number of rotatable bonds is 5. The van der Waals surface area contributed by atoms with Crippen LogP contribution in [-0.4, -0.2) is 35.8 Å². The molecular formula is C19H32Cl2N2S. The van der Waals surface area contributed by atoms with E-state index in [0.717, 1.165) is 19.0 Å². The van der Waals surface area contributed by atoms with Crippen molar-refractivity contribution in [3.05, 3.63) is 29.8 Å². The Morgan fingerprint density at radius 1 is 1.12 bits per heavy atom. The van der Waals surface area contributed by atoms with E-state index in [4.69, 9.17) is 0 Å². The zero-order valence-corrected chi connectivity index (χ0v) is 17.5. The Kier molecular flexibility index (Phi) is 8.92.